The molecule has 0 saturated carbocycles. The van der Waals surface area contributed by atoms with Gasteiger partial charge in [0.2, 0.25) is 0 Å². The van der Waals surface area contributed by atoms with Crippen molar-refractivity contribution in [2.75, 3.05) is 40.0 Å². The van der Waals surface area contributed by atoms with Crippen LogP contribution in [0, 0.1) is 6.92 Å². The van der Waals surface area contributed by atoms with E-state index in [1.807, 2.05) is 19.3 Å². The van der Waals surface area contributed by atoms with Crippen LogP contribution in [0.15, 0.2) is 41.7 Å². The van der Waals surface area contributed by atoms with E-state index in [0.29, 0.717) is 26.4 Å². The molecule has 0 radical (unpaired) electrons. The highest BCUT2D eigenvalue weighted by molar-refractivity contribution is 5.79. The molecule has 0 atom stereocenters. The van der Waals surface area contributed by atoms with E-state index in [4.69, 9.17) is 14.5 Å². The molecule has 1 aromatic heterocycles. The van der Waals surface area contributed by atoms with Crippen LogP contribution in [0.25, 0.3) is 0 Å². The van der Waals surface area contributed by atoms with Crippen molar-refractivity contribution in [3.05, 3.63) is 53.6 Å². The summed E-state index contributed by atoms with van der Waals surface area (Å²) in [6, 6.07) is 8.54. The number of imidazole rings is 1. The van der Waals surface area contributed by atoms with Gasteiger partial charge in [0.15, 0.2) is 5.96 Å². The molecule has 0 aliphatic carbocycles. The molecule has 7 heteroatoms. The standard InChI is InChI=1S/C21H33N5O2/c1-4-22-21(24-9-6-12-28-14-13-27-3)25-16-19-7-5-8-20(15-19)17-26-11-10-23-18(26)2/h5,7-8,10-11,15H,4,6,9,12-14,16-17H2,1-3H3,(H2,22,24,25). The first-order valence-electron chi connectivity index (χ1n) is 9.87. The Morgan fingerprint density at radius 1 is 1.18 bits per heavy atom. The number of benzene rings is 1. The van der Waals surface area contributed by atoms with Crippen LogP contribution in [0.1, 0.15) is 30.3 Å². The summed E-state index contributed by atoms with van der Waals surface area (Å²) in [4.78, 5) is 8.98. The molecule has 0 unspecified atom stereocenters. The summed E-state index contributed by atoms with van der Waals surface area (Å²) in [6.07, 6.45) is 4.76. The lowest BCUT2D eigenvalue weighted by atomic mass is 10.1. The van der Waals surface area contributed by atoms with Gasteiger partial charge < -0.3 is 24.7 Å². The zero-order chi connectivity index (χ0) is 20.0. The Morgan fingerprint density at radius 3 is 2.79 bits per heavy atom. The number of nitrogens with one attached hydrogen (secondary N) is 2. The predicted octanol–water partition coefficient (Wildman–Crippen LogP) is 2.35. The van der Waals surface area contributed by atoms with E-state index in [1.54, 1.807) is 7.11 Å². The van der Waals surface area contributed by atoms with Gasteiger partial charge in [0.1, 0.15) is 5.82 Å². The lowest BCUT2D eigenvalue weighted by Gasteiger charge is -2.12. The molecule has 7 nitrogen and oxygen atoms in total. The number of rotatable bonds is 12. The molecule has 0 fully saturated rings. The van der Waals surface area contributed by atoms with Gasteiger partial charge in [-0.15, -0.1) is 0 Å². The van der Waals surface area contributed by atoms with Crippen molar-refractivity contribution in [1.82, 2.24) is 20.2 Å². The maximum Gasteiger partial charge on any atom is 0.191 e. The smallest absolute Gasteiger partial charge is 0.191 e. The monoisotopic (exact) mass is 387 g/mol. The first-order valence-corrected chi connectivity index (χ1v) is 9.87. The third kappa shape index (κ3) is 8.10. The minimum Gasteiger partial charge on any atom is -0.382 e. The Bertz CT molecular complexity index is 714. The lowest BCUT2D eigenvalue weighted by molar-refractivity contribution is 0.0698. The average Bonchev–Trinajstić information content (AvgIpc) is 3.10. The SMILES string of the molecule is CCNC(=NCc1cccc(Cn2ccnc2C)c1)NCCCOCCOC. The third-order valence-corrected chi connectivity index (χ3v) is 4.22. The second-order valence-electron chi connectivity index (χ2n) is 6.50. The number of ether oxygens (including phenoxy) is 2. The molecule has 1 aromatic carbocycles. The van der Waals surface area contributed by atoms with Gasteiger partial charge in [-0.1, -0.05) is 24.3 Å². The highest BCUT2D eigenvalue weighted by atomic mass is 16.5. The molecule has 0 amide bonds. The van der Waals surface area contributed by atoms with Crippen LogP contribution >= 0.6 is 0 Å². The van der Waals surface area contributed by atoms with Gasteiger partial charge in [-0.2, -0.15) is 0 Å². The van der Waals surface area contributed by atoms with E-state index in [9.17, 15) is 0 Å². The maximum absolute atomic E-state index is 5.48. The average molecular weight is 388 g/mol. The van der Waals surface area contributed by atoms with Gasteiger partial charge in [-0.3, -0.25) is 0 Å². The van der Waals surface area contributed by atoms with E-state index in [-0.39, 0.29) is 0 Å². The molecule has 28 heavy (non-hydrogen) atoms. The Labute approximate surface area is 168 Å². The van der Waals surface area contributed by atoms with Crippen LogP contribution in [0.4, 0.5) is 0 Å². The number of hydrogen-bond donors (Lipinski definition) is 2. The molecule has 0 spiro atoms. The fraction of sp³-hybridized carbons (Fsp3) is 0.524. The minimum absolute atomic E-state index is 0.635. The number of aliphatic imine (C=N–C) groups is 1. The number of hydrogen-bond acceptors (Lipinski definition) is 4. The Balaban J connectivity index is 1.82. The van der Waals surface area contributed by atoms with Crippen LogP contribution in [-0.2, 0) is 22.6 Å². The van der Waals surface area contributed by atoms with Crippen LogP contribution in [0.3, 0.4) is 0 Å². The second kappa shape index (κ2) is 12.9. The quantitative estimate of drug-likeness (QED) is 0.332. The first kappa shape index (κ1) is 21.9. The summed E-state index contributed by atoms with van der Waals surface area (Å²) in [5.74, 6) is 1.85. The fourth-order valence-corrected chi connectivity index (χ4v) is 2.73. The molecule has 0 saturated heterocycles. The van der Waals surface area contributed by atoms with E-state index >= 15 is 0 Å². The van der Waals surface area contributed by atoms with Crippen LogP contribution < -0.4 is 10.6 Å². The summed E-state index contributed by atoms with van der Waals surface area (Å²) in [5.41, 5.74) is 2.44. The number of guanidine groups is 1. The number of aromatic nitrogens is 2. The van der Waals surface area contributed by atoms with Gasteiger partial charge in [0.25, 0.3) is 0 Å². The molecule has 1 heterocycles. The first-order chi connectivity index (χ1) is 13.7. The maximum atomic E-state index is 5.48. The Kier molecular flexibility index (Phi) is 10.1. The van der Waals surface area contributed by atoms with Crippen LogP contribution in [0.2, 0.25) is 0 Å². The van der Waals surface area contributed by atoms with Gasteiger partial charge in [-0.25, -0.2) is 9.98 Å². The van der Waals surface area contributed by atoms with Crippen molar-refractivity contribution in [3.8, 4) is 0 Å². The lowest BCUT2D eigenvalue weighted by Crippen LogP contribution is -2.38. The third-order valence-electron chi connectivity index (χ3n) is 4.22. The minimum atomic E-state index is 0.635. The topological polar surface area (TPSA) is 72.7 Å². The molecule has 2 aromatic rings. The molecular weight excluding hydrogens is 354 g/mol. The summed E-state index contributed by atoms with van der Waals surface area (Å²) in [7, 11) is 1.68. The predicted molar refractivity (Wildman–Crippen MR) is 113 cm³/mol. The number of methoxy groups -OCH3 is 1. The van der Waals surface area contributed by atoms with Gasteiger partial charge >= 0.3 is 0 Å². The summed E-state index contributed by atoms with van der Waals surface area (Å²) < 4.78 is 12.6. The van der Waals surface area contributed by atoms with E-state index in [1.165, 1.54) is 11.1 Å². The van der Waals surface area contributed by atoms with Crippen LogP contribution in [0.5, 0.6) is 0 Å². The zero-order valence-electron chi connectivity index (χ0n) is 17.3. The van der Waals surface area contributed by atoms with Crippen molar-refractivity contribution >= 4 is 5.96 Å². The number of aryl methyl sites for hydroxylation is 1. The van der Waals surface area contributed by atoms with E-state index in [0.717, 1.165) is 37.8 Å². The number of nitrogens with zero attached hydrogens (tertiary/aromatic N) is 3. The second-order valence-corrected chi connectivity index (χ2v) is 6.50. The van der Waals surface area contributed by atoms with Crippen molar-refractivity contribution < 1.29 is 9.47 Å². The summed E-state index contributed by atoms with van der Waals surface area (Å²) >= 11 is 0. The molecule has 2 rings (SSSR count). The molecule has 0 bridgehead atoms. The highest BCUT2D eigenvalue weighted by Crippen LogP contribution is 2.09. The zero-order valence-corrected chi connectivity index (χ0v) is 17.3. The molecule has 0 aliphatic rings. The van der Waals surface area contributed by atoms with Crippen molar-refractivity contribution in [2.24, 2.45) is 4.99 Å². The van der Waals surface area contributed by atoms with Crippen molar-refractivity contribution in [3.63, 3.8) is 0 Å². The van der Waals surface area contributed by atoms with E-state index in [2.05, 4.69) is 51.4 Å². The molecule has 2 N–H and O–H groups in total. The van der Waals surface area contributed by atoms with Crippen molar-refractivity contribution in [1.29, 1.82) is 0 Å². The van der Waals surface area contributed by atoms with Gasteiger partial charge in [0, 0.05) is 45.7 Å². The largest absolute Gasteiger partial charge is 0.382 e. The highest BCUT2D eigenvalue weighted by Gasteiger charge is 2.02. The van der Waals surface area contributed by atoms with Crippen molar-refractivity contribution in [2.45, 2.75) is 33.4 Å². The van der Waals surface area contributed by atoms with Gasteiger partial charge in [0.05, 0.1) is 19.8 Å². The van der Waals surface area contributed by atoms with Crippen LogP contribution in [-0.4, -0.2) is 55.5 Å². The Hall–Kier alpha value is -2.38. The Morgan fingerprint density at radius 2 is 2.04 bits per heavy atom. The molecule has 154 valence electrons. The normalized spacial score (nSPS) is 11.6. The molecule has 0 aliphatic heterocycles. The van der Waals surface area contributed by atoms with Gasteiger partial charge in [-0.05, 0) is 31.4 Å². The van der Waals surface area contributed by atoms with E-state index < -0.39 is 0 Å². The fourth-order valence-electron chi connectivity index (χ4n) is 2.73. The molecular formula is C21H33N5O2. The summed E-state index contributed by atoms with van der Waals surface area (Å²) in [5, 5.41) is 6.64. The summed E-state index contributed by atoms with van der Waals surface area (Å²) in [6.45, 7) is 9.18.